The number of hydrogen-bond donors (Lipinski definition) is 1. The van der Waals surface area contributed by atoms with Gasteiger partial charge in [-0.1, -0.05) is 19.6 Å². The summed E-state index contributed by atoms with van der Waals surface area (Å²) in [7, 11) is 0.952. The average Bonchev–Trinajstić information content (AvgIpc) is 3.30. The van der Waals surface area contributed by atoms with Gasteiger partial charge in [-0.05, 0) is 48.4 Å². The summed E-state index contributed by atoms with van der Waals surface area (Å²) in [6, 6.07) is 3.48. The third-order valence-corrected chi connectivity index (χ3v) is 8.10. The number of hydrazine groups is 1. The van der Waals surface area contributed by atoms with Crippen LogP contribution in [0.5, 0.6) is 0 Å². The Hall–Kier alpha value is -1.96. The monoisotopic (exact) mass is 440 g/mol. The zero-order valence-electron chi connectivity index (χ0n) is 19.4. The minimum absolute atomic E-state index is 0.420. The van der Waals surface area contributed by atoms with E-state index in [1.165, 1.54) is 28.1 Å². The molecule has 1 fully saturated rings. The maximum Gasteiger partial charge on any atom is 0.142 e. The van der Waals surface area contributed by atoms with E-state index in [1.807, 2.05) is 6.20 Å². The maximum atomic E-state index is 11.6. The first kappa shape index (κ1) is 22.2. The van der Waals surface area contributed by atoms with E-state index in [2.05, 4.69) is 60.2 Å². The van der Waals surface area contributed by atoms with E-state index in [-0.39, 0.29) is 0 Å². The van der Waals surface area contributed by atoms with E-state index >= 15 is 0 Å². The lowest BCUT2D eigenvalue weighted by molar-refractivity contribution is -0.121. The number of carbonyl (C=O) groups excluding carboxylic acids is 1. The summed E-state index contributed by atoms with van der Waals surface area (Å²) >= 11 is 0. The van der Waals surface area contributed by atoms with E-state index in [0.29, 0.717) is 18.4 Å². The highest BCUT2D eigenvalue weighted by atomic mass is 28.3. The Balaban J connectivity index is 1.56. The number of pyridine rings is 1. The molecule has 1 N–H and O–H groups in total. The second-order valence-electron chi connectivity index (χ2n) is 10.4. The van der Waals surface area contributed by atoms with Gasteiger partial charge in [0.25, 0.3) is 0 Å². The SMILES string of the molecule is CN1CC(c2cn(COCC[Si](C)(C)C)c3ncc(CC4CCC(=O)CC4)cc23)=CN1. The molecule has 3 heterocycles. The van der Waals surface area contributed by atoms with Gasteiger partial charge < -0.3 is 14.7 Å². The third-order valence-electron chi connectivity index (χ3n) is 6.40. The van der Waals surface area contributed by atoms with Crippen molar-refractivity contribution in [1.82, 2.24) is 20.0 Å². The number of ketones is 1. The predicted molar refractivity (Wildman–Crippen MR) is 128 cm³/mol. The molecule has 1 saturated carbocycles. The summed E-state index contributed by atoms with van der Waals surface area (Å²) in [5.41, 5.74) is 8.04. The molecule has 0 unspecified atom stereocenters. The normalized spacial score (nSPS) is 18.6. The van der Waals surface area contributed by atoms with Crippen LogP contribution in [0.15, 0.2) is 24.7 Å². The number of Topliss-reactive ketones (excluding diaryl/α,β-unsaturated/α-hetero) is 1. The van der Waals surface area contributed by atoms with Crippen LogP contribution >= 0.6 is 0 Å². The lowest BCUT2D eigenvalue weighted by atomic mass is 9.84. The molecule has 0 amide bonds. The number of carbonyl (C=O) groups is 1. The van der Waals surface area contributed by atoms with Crippen molar-refractivity contribution in [3.8, 4) is 0 Å². The van der Waals surface area contributed by atoms with Crippen LogP contribution in [0.25, 0.3) is 16.6 Å². The molecule has 6 nitrogen and oxygen atoms in total. The number of aromatic nitrogens is 2. The molecule has 0 spiro atoms. The predicted octanol–water partition coefficient (Wildman–Crippen LogP) is 4.44. The fourth-order valence-corrected chi connectivity index (χ4v) is 5.21. The molecule has 7 heteroatoms. The fraction of sp³-hybridized carbons (Fsp3) is 0.583. The van der Waals surface area contributed by atoms with Crippen LogP contribution in [-0.4, -0.2) is 48.6 Å². The van der Waals surface area contributed by atoms with Crippen LogP contribution in [0.1, 0.15) is 36.8 Å². The molecule has 0 radical (unpaired) electrons. The molecule has 31 heavy (non-hydrogen) atoms. The number of fused-ring (bicyclic) bond motifs is 1. The van der Waals surface area contributed by atoms with Gasteiger partial charge in [-0.2, -0.15) is 0 Å². The molecule has 0 aromatic carbocycles. The zero-order chi connectivity index (χ0) is 22.0. The Kier molecular flexibility index (Phi) is 6.65. The van der Waals surface area contributed by atoms with E-state index in [4.69, 9.17) is 9.72 Å². The largest absolute Gasteiger partial charge is 0.361 e. The Labute approximate surface area is 186 Å². The van der Waals surface area contributed by atoms with Gasteiger partial charge in [-0.15, -0.1) is 0 Å². The van der Waals surface area contributed by atoms with E-state index in [9.17, 15) is 4.79 Å². The van der Waals surface area contributed by atoms with Crippen molar-refractivity contribution in [3.63, 3.8) is 0 Å². The second-order valence-corrected chi connectivity index (χ2v) is 16.0. The molecule has 2 aliphatic rings. The highest BCUT2D eigenvalue weighted by Crippen LogP contribution is 2.31. The Bertz CT molecular complexity index is 966. The number of likely N-dealkylation sites (N-methyl/N-ethyl adjacent to an activating group) is 1. The molecule has 0 saturated heterocycles. The van der Waals surface area contributed by atoms with E-state index < -0.39 is 8.07 Å². The summed E-state index contributed by atoms with van der Waals surface area (Å²) < 4.78 is 8.19. The first-order valence-corrected chi connectivity index (χ1v) is 15.2. The quantitative estimate of drug-likeness (QED) is 0.486. The van der Waals surface area contributed by atoms with Crippen molar-refractivity contribution in [1.29, 1.82) is 0 Å². The van der Waals surface area contributed by atoms with Crippen LogP contribution in [-0.2, 0) is 22.7 Å². The molecule has 1 aliphatic heterocycles. The van der Waals surface area contributed by atoms with Gasteiger partial charge in [0, 0.05) is 70.7 Å². The third kappa shape index (κ3) is 5.64. The topological polar surface area (TPSA) is 59.4 Å². The molecule has 2 aromatic rings. The van der Waals surface area contributed by atoms with Gasteiger partial charge in [-0.25, -0.2) is 9.99 Å². The average molecular weight is 441 g/mol. The fourth-order valence-electron chi connectivity index (χ4n) is 4.46. The molecule has 168 valence electrons. The highest BCUT2D eigenvalue weighted by Gasteiger charge is 2.22. The Morgan fingerprint density at radius 1 is 1.26 bits per heavy atom. The number of nitrogens with one attached hydrogen (secondary N) is 1. The standard InChI is InChI=1S/C24H36N4O2Si/c1-27-15-20(14-26-27)23-16-28(17-30-9-10-31(2,3)4)24-22(23)12-19(13-25-24)11-18-5-7-21(29)8-6-18/h12-14,16,18,26H,5-11,15,17H2,1-4H3. The van der Waals surface area contributed by atoms with Gasteiger partial charge in [0.1, 0.15) is 18.2 Å². The van der Waals surface area contributed by atoms with Crippen molar-refractivity contribution in [2.24, 2.45) is 5.92 Å². The molecule has 2 aromatic heterocycles. The molecule has 0 atom stereocenters. The minimum Gasteiger partial charge on any atom is -0.361 e. The molecule has 4 rings (SSSR count). The summed E-state index contributed by atoms with van der Waals surface area (Å²) in [6.45, 7) is 9.33. The van der Waals surface area contributed by atoms with Gasteiger partial charge in [-0.3, -0.25) is 4.79 Å². The molecule has 1 aliphatic carbocycles. The van der Waals surface area contributed by atoms with Crippen molar-refractivity contribution >= 4 is 30.5 Å². The molecular weight excluding hydrogens is 404 g/mol. The Morgan fingerprint density at radius 3 is 2.71 bits per heavy atom. The summed E-state index contributed by atoms with van der Waals surface area (Å²) in [5.74, 6) is 1.01. The number of hydrogen-bond acceptors (Lipinski definition) is 5. The van der Waals surface area contributed by atoms with Crippen LogP contribution in [0.4, 0.5) is 0 Å². The number of nitrogens with zero attached hydrogens (tertiary/aromatic N) is 3. The first-order valence-electron chi connectivity index (χ1n) is 11.5. The van der Waals surface area contributed by atoms with Gasteiger partial charge >= 0.3 is 0 Å². The van der Waals surface area contributed by atoms with Gasteiger partial charge in [0.2, 0.25) is 0 Å². The lowest BCUT2D eigenvalue weighted by Gasteiger charge is -2.20. The van der Waals surface area contributed by atoms with Crippen LogP contribution in [0, 0.1) is 5.92 Å². The Morgan fingerprint density at radius 2 is 2.03 bits per heavy atom. The van der Waals surface area contributed by atoms with Crippen molar-refractivity contribution in [3.05, 3.63) is 35.8 Å². The van der Waals surface area contributed by atoms with Crippen molar-refractivity contribution in [2.75, 3.05) is 20.2 Å². The van der Waals surface area contributed by atoms with Crippen LogP contribution < -0.4 is 5.43 Å². The van der Waals surface area contributed by atoms with Crippen LogP contribution in [0.2, 0.25) is 25.7 Å². The zero-order valence-corrected chi connectivity index (χ0v) is 20.4. The van der Waals surface area contributed by atoms with Crippen molar-refractivity contribution in [2.45, 2.75) is 64.5 Å². The summed E-state index contributed by atoms with van der Waals surface area (Å²) in [6.07, 6.45) is 10.8. The van der Waals surface area contributed by atoms with Crippen molar-refractivity contribution < 1.29 is 9.53 Å². The lowest BCUT2D eigenvalue weighted by Crippen LogP contribution is -2.24. The molecule has 0 bridgehead atoms. The van der Waals surface area contributed by atoms with Crippen LogP contribution in [0.3, 0.4) is 0 Å². The summed E-state index contributed by atoms with van der Waals surface area (Å²) in [4.78, 5) is 16.4. The highest BCUT2D eigenvalue weighted by molar-refractivity contribution is 6.76. The van der Waals surface area contributed by atoms with Gasteiger partial charge in [0.05, 0.1) is 0 Å². The minimum atomic E-state index is -1.10. The first-order chi connectivity index (χ1) is 14.8. The molecular formula is C24H36N4O2Si. The number of ether oxygens (including phenoxy) is 1. The van der Waals surface area contributed by atoms with E-state index in [0.717, 1.165) is 50.9 Å². The number of rotatable bonds is 8. The van der Waals surface area contributed by atoms with Gasteiger partial charge in [0.15, 0.2) is 0 Å². The smallest absolute Gasteiger partial charge is 0.142 e. The second kappa shape index (κ2) is 9.26. The summed E-state index contributed by atoms with van der Waals surface area (Å²) in [5, 5.41) is 3.28. The van der Waals surface area contributed by atoms with E-state index in [1.54, 1.807) is 0 Å². The maximum absolute atomic E-state index is 11.6.